The SMILES string of the molecule is CNCCC1CCN(Cc2cc(Br)cc3c2OCC3)CC1.Cl. The minimum absolute atomic E-state index is 0. The van der Waals surface area contributed by atoms with Gasteiger partial charge in [0, 0.05) is 23.0 Å². The van der Waals surface area contributed by atoms with Crippen LogP contribution in [0.2, 0.25) is 0 Å². The lowest BCUT2D eigenvalue weighted by Crippen LogP contribution is -2.34. The smallest absolute Gasteiger partial charge is 0.127 e. The second-order valence-electron chi connectivity index (χ2n) is 6.26. The molecule has 0 amide bonds. The highest BCUT2D eigenvalue weighted by Gasteiger charge is 2.22. The highest BCUT2D eigenvalue weighted by molar-refractivity contribution is 9.10. The molecule has 0 spiro atoms. The van der Waals surface area contributed by atoms with Gasteiger partial charge >= 0.3 is 0 Å². The predicted octanol–water partition coefficient (Wildman–Crippen LogP) is 3.63. The molecule has 0 aliphatic carbocycles. The van der Waals surface area contributed by atoms with Crippen LogP contribution in [-0.2, 0) is 13.0 Å². The van der Waals surface area contributed by atoms with Crippen molar-refractivity contribution in [3.8, 4) is 5.75 Å². The van der Waals surface area contributed by atoms with Crippen LogP contribution in [0.4, 0.5) is 0 Å². The predicted molar refractivity (Wildman–Crippen MR) is 97.1 cm³/mol. The van der Waals surface area contributed by atoms with Gasteiger partial charge in [0.25, 0.3) is 0 Å². The fourth-order valence-corrected chi connectivity index (χ4v) is 4.04. The van der Waals surface area contributed by atoms with E-state index >= 15 is 0 Å². The molecule has 0 radical (unpaired) electrons. The lowest BCUT2D eigenvalue weighted by atomic mass is 9.93. The third-order valence-electron chi connectivity index (χ3n) is 4.73. The van der Waals surface area contributed by atoms with E-state index in [-0.39, 0.29) is 12.4 Å². The summed E-state index contributed by atoms with van der Waals surface area (Å²) in [4.78, 5) is 2.58. The van der Waals surface area contributed by atoms with Crippen molar-refractivity contribution in [3.05, 3.63) is 27.7 Å². The van der Waals surface area contributed by atoms with Crippen LogP contribution in [0.15, 0.2) is 16.6 Å². The third kappa shape index (κ3) is 4.38. The summed E-state index contributed by atoms with van der Waals surface area (Å²) in [7, 11) is 2.04. The highest BCUT2D eigenvalue weighted by atomic mass is 79.9. The Morgan fingerprint density at radius 1 is 1.32 bits per heavy atom. The summed E-state index contributed by atoms with van der Waals surface area (Å²) in [5.41, 5.74) is 2.72. The van der Waals surface area contributed by atoms with Crippen LogP contribution in [0.5, 0.6) is 5.75 Å². The van der Waals surface area contributed by atoms with Crippen molar-refractivity contribution in [2.75, 3.05) is 33.3 Å². The van der Waals surface area contributed by atoms with Gasteiger partial charge in [-0.05, 0) is 69.6 Å². The molecule has 3 nitrogen and oxygen atoms in total. The normalized spacial score (nSPS) is 18.6. The van der Waals surface area contributed by atoms with Crippen molar-refractivity contribution < 1.29 is 4.74 Å². The zero-order valence-corrected chi connectivity index (χ0v) is 15.6. The van der Waals surface area contributed by atoms with Crippen molar-refractivity contribution in [2.45, 2.75) is 32.2 Å². The molecule has 1 aromatic rings. The van der Waals surface area contributed by atoms with E-state index in [2.05, 4.69) is 38.3 Å². The van der Waals surface area contributed by atoms with Crippen LogP contribution in [0.1, 0.15) is 30.4 Å². The second kappa shape index (κ2) is 8.53. The standard InChI is InChI=1S/C17H25BrN2O.ClH/c1-19-6-2-13-3-7-20(8-4-13)12-15-11-16(18)10-14-5-9-21-17(14)15;/h10-11,13,19H,2-9,12H2,1H3;1H. The molecule has 3 rings (SSSR count). The summed E-state index contributed by atoms with van der Waals surface area (Å²) in [5.74, 6) is 2.05. The number of piperidine rings is 1. The molecule has 1 saturated heterocycles. The number of nitrogens with one attached hydrogen (secondary N) is 1. The van der Waals surface area contributed by atoms with Gasteiger partial charge in [0.1, 0.15) is 5.75 Å². The maximum Gasteiger partial charge on any atom is 0.127 e. The van der Waals surface area contributed by atoms with Gasteiger partial charge in [0.2, 0.25) is 0 Å². The summed E-state index contributed by atoms with van der Waals surface area (Å²) in [5, 5.41) is 3.27. The number of rotatable bonds is 5. The minimum Gasteiger partial charge on any atom is -0.493 e. The first kappa shape index (κ1) is 18.1. The Morgan fingerprint density at radius 3 is 2.82 bits per heavy atom. The zero-order valence-electron chi connectivity index (χ0n) is 13.2. The van der Waals surface area contributed by atoms with E-state index in [4.69, 9.17) is 4.74 Å². The molecule has 22 heavy (non-hydrogen) atoms. The Bertz CT molecular complexity index is 490. The van der Waals surface area contributed by atoms with Gasteiger partial charge in [-0.2, -0.15) is 0 Å². The molecule has 5 heteroatoms. The van der Waals surface area contributed by atoms with E-state index in [0.717, 1.165) is 37.8 Å². The number of nitrogens with zero attached hydrogens (tertiary/aromatic N) is 1. The summed E-state index contributed by atoms with van der Waals surface area (Å²) in [6, 6.07) is 4.44. The number of likely N-dealkylation sites (tertiary alicyclic amines) is 1. The van der Waals surface area contributed by atoms with Crippen LogP contribution in [-0.4, -0.2) is 38.2 Å². The average Bonchev–Trinajstić information content (AvgIpc) is 2.95. The van der Waals surface area contributed by atoms with Crippen molar-refractivity contribution in [1.29, 1.82) is 0 Å². The molecule has 0 saturated carbocycles. The fourth-order valence-electron chi connectivity index (χ4n) is 3.49. The van der Waals surface area contributed by atoms with Crippen molar-refractivity contribution in [1.82, 2.24) is 10.2 Å². The van der Waals surface area contributed by atoms with Gasteiger partial charge in [0.05, 0.1) is 6.61 Å². The van der Waals surface area contributed by atoms with Crippen LogP contribution < -0.4 is 10.1 Å². The highest BCUT2D eigenvalue weighted by Crippen LogP contribution is 2.34. The Balaban J connectivity index is 0.00000176. The van der Waals surface area contributed by atoms with E-state index in [1.165, 1.54) is 48.0 Å². The Morgan fingerprint density at radius 2 is 2.09 bits per heavy atom. The molecule has 2 aliphatic rings. The lowest BCUT2D eigenvalue weighted by molar-refractivity contribution is 0.170. The van der Waals surface area contributed by atoms with Crippen LogP contribution >= 0.6 is 28.3 Å². The second-order valence-corrected chi connectivity index (χ2v) is 7.18. The molecule has 0 bridgehead atoms. The topological polar surface area (TPSA) is 24.5 Å². The van der Waals surface area contributed by atoms with Gasteiger partial charge in [0.15, 0.2) is 0 Å². The third-order valence-corrected chi connectivity index (χ3v) is 5.19. The van der Waals surface area contributed by atoms with E-state index < -0.39 is 0 Å². The Labute approximate surface area is 148 Å². The first-order valence-corrected chi connectivity index (χ1v) is 8.86. The molecule has 0 unspecified atom stereocenters. The van der Waals surface area contributed by atoms with Crippen molar-refractivity contribution >= 4 is 28.3 Å². The lowest BCUT2D eigenvalue weighted by Gasteiger charge is -2.32. The van der Waals surface area contributed by atoms with Gasteiger partial charge in [-0.3, -0.25) is 4.90 Å². The van der Waals surface area contributed by atoms with E-state index in [0.29, 0.717) is 0 Å². The summed E-state index contributed by atoms with van der Waals surface area (Å²) in [6.45, 7) is 5.45. The molecule has 0 aromatic heterocycles. The van der Waals surface area contributed by atoms with E-state index in [9.17, 15) is 0 Å². The van der Waals surface area contributed by atoms with Gasteiger partial charge in [-0.25, -0.2) is 0 Å². The quantitative estimate of drug-likeness (QED) is 0.832. The molecule has 1 fully saturated rings. The number of benzene rings is 1. The first-order valence-electron chi connectivity index (χ1n) is 8.07. The van der Waals surface area contributed by atoms with Gasteiger partial charge in [-0.15, -0.1) is 12.4 Å². The maximum atomic E-state index is 5.84. The Hall–Kier alpha value is -0.290. The van der Waals surface area contributed by atoms with Crippen molar-refractivity contribution in [3.63, 3.8) is 0 Å². The molecular formula is C17H26BrClN2O. The van der Waals surface area contributed by atoms with E-state index in [1.807, 2.05) is 7.05 Å². The maximum absolute atomic E-state index is 5.84. The summed E-state index contributed by atoms with van der Waals surface area (Å²) >= 11 is 3.64. The molecule has 2 heterocycles. The van der Waals surface area contributed by atoms with Gasteiger partial charge < -0.3 is 10.1 Å². The van der Waals surface area contributed by atoms with Crippen LogP contribution in [0.25, 0.3) is 0 Å². The summed E-state index contributed by atoms with van der Waals surface area (Å²) < 4.78 is 7.03. The van der Waals surface area contributed by atoms with E-state index in [1.54, 1.807) is 0 Å². The molecule has 1 aromatic carbocycles. The molecule has 0 atom stereocenters. The first-order chi connectivity index (χ1) is 10.3. The number of hydrogen-bond acceptors (Lipinski definition) is 3. The molecule has 2 aliphatic heterocycles. The monoisotopic (exact) mass is 388 g/mol. The van der Waals surface area contributed by atoms with Gasteiger partial charge in [-0.1, -0.05) is 15.9 Å². The molecule has 124 valence electrons. The molecule has 1 N–H and O–H groups in total. The van der Waals surface area contributed by atoms with Crippen LogP contribution in [0, 0.1) is 5.92 Å². The minimum atomic E-state index is 0. The number of fused-ring (bicyclic) bond motifs is 1. The molecular weight excluding hydrogens is 364 g/mol. The van der Waals surface area contributed by atoms with Crippen LogP contribution in [0.3, 0.4) is 0 Å². The number of ether oxygens (including phenoxy) is 1. The number of hydrogen-bond donors (Lipinski definition) is 1. The largest absolute Gasteiger partial charge is 0.493 e. The summed E-state index contributed by atoms with van der Waals surface area (Å²) in [6.07, 6.45) is 5.03. The fraction of sp³-hybridized carbons (Fsp3) is 0.647. The zero-order chi connectivity index (χ0) is 14.7. The Kier molecular flexibility index (Phi) is 7.00. The average molecular weight is 390 g/mol. The van der Waals surface area contributed by atoms with Crippen molar-refractivity contribution in [2.24, 2.45) is 5.92 Å². The number of halogens is 2.